The fraction of sp³-hybridized carbons (Fsp3) is 0.320. The number of carbonyl (C=O) groups is 1. The summed E-state index contributed by atoms with van der Waals surface area (Å²) in [6.45, 7) is 4.37. The third-order valence-corrected chi connectivity index (χ3v) is 5.73. The van der Waals surface area contributed by atoms with Gasteiger partial charge in [-0.15, -0.1) is 0 Å². The molecular formula is C25H28N4O2. The third-order valence-electron chi connectivity index (χ3n) is 5.73. The van der Waals surface area contributed by atoms with Crippen LogP contribution in [0.3, 0.4) is 0 Å². The highest BCUT2D eigenvalue weighted by atomic mass is 16.5. The molecule has 0 aliphatic carbocycles. The van der Waals surface area contributed by atoms with Gasteiger partial charge in [0.1, 0.15) is 17.9 Å². The third kappa shape index (κ3) is 5.60. The Balaban J connectivity index is 1.27. The van der Waals surface area contributed by atoms with Gasteiger partial charge in [-0.1, -0.05) is 55.5 Å². The lowest BCUT2D eigenvalue weighted by molar-refractivity contribution is -0.125. The van der Waals surface area contributed by atoms with E-state index in [9.17, 15) is 4.79 Å². The molecule has 31 heavy (non-hydrogen) atoms. The molecule has 3 aromatic rings. The molecule has 0 unspecified atom stereocenters. The standard InChI is InChI=1S/C25H28N4O2/c1-19(20-8-4-2-5-9-20)17-26-25(30)21-12-14-29(15-13-21)23-16-24(28-18-27-23)31-22-10-6-3-7-11-22/h2-11,16,18-19,21H,12-15,17H2,1H3,(H,26,30)/t19-/m1/s1. The highest BCUT2D eigenvalue weighted by Crippen LogP contribution is 2.26. The van der Waals surface area contributed by atoms with E-state index in [-0.39, 0.29) is 11.8 Å². The average Bonchev–Trinajstić information content (AvgIpc) is 2.84. The van der Waals surface area contributed by atoms with Crippen LogP contribution in [-0.4, -0.2) is 35.5 Å². The molecule has 1 aliphatic rings. The number of amides is 1. The summed E-state index contributed by atoms with van der Waals surface area (Å²) in [5.41, 5.74) is 1.25. The van der Waals surface area contributed by atoms with E-state index >= 15 is 0 Å². The summed E-state index contributed by atoms with van der Waals surface area (Å²) in [6.07, 6.45) is 3.15. The number of ether oxygens (including phenoxy) is 1. The Bertz CT molecular complexity index is 973. The van der Waals surface area contributed by atoms with E-state index in [2.05, 4.69) is 39.2 Å². The van der Waals surface area contributed by atoms with Crippen molar-refractivity contribution in [3.63, 3.8) is 0 Å². The smallest absolute Gasteiger partial charge is 0.224 e. The maximum atomic E-state index is 12.7. The second-order valence-electron chi connectivity index (χ2n) is 7.95. The molecular weight excluding hydrogens is 388 g/mol. The van der Waals surface area contributed by atoms with Crippen LogP contribution in [-0.2, 0) is 4.79 Å². The minimum absolute atomic E-state index is 0.0427. The van der Waals surface area contributed by atoms with Gasteiger partial charge in [-0.3, -0.25) is 4.79 Å². The number of anilines is 1. The number of hydrogen-bond acceptors (Lipinski definition) is 5. The number of hydrogen-bond donors (Lipinski definition) is 1. The molecule has 6 nitrogen and oxygen atoms in total. The van der Waals surface area contributed by atoms with E-state index in [0.717, 1.165) is 37.5 Å². The van der Waals surface area contributed by atoms with Crippen LogP contribution in [0.15, 0.2) is 73.1 Å². The van der Waals surface area contributed by atoms with Crippen LogP contribution in [0.2, 0.25) is 0 Å². The highest BCUT2D eigenvalue weighted by molar-refractivity contribution is 5.79. The summed E-state index contributed by atoms with van der Waals surface area (Å²) < 4.78 is 5.82. The van der Waals surface area contributed by atoms with Crippen molar-refractivity contribution in [2.24, 2.45) is 5.92 Å². The SMILES string of the molecule is C[C@H](CNC(=O)C1CCN(c2cc(Oc3ccccc3)ncn2)CC1)c1ccccc1. The van der Waals surface area contributed by atoms with Crippen molar-refractivity contribution in [1.82, 2.24) is 15.3 Å². The number of benzene rings is 2. The average molecular weight is 417 g/mol. The van der Waals surface area contributed by atoms with Gasteiger partial charge in [-0.25, -0.2) is 9.97 Å². The van der Waals surface area contributed by atoms with Crippen LogP contribution < -0.4 is 15.0 Å². The zero-order valence-electron chi connectivity index (χ0n) is 17.8. The summed E-state index contributed by atoms with van der Waals surface area (Å²) in [4.78, 5) is 23.5. The molecule has 2 aromatic carbocycles. The van der Waals surface area contributed by atoms with Gasteiger partial charge in [0.05, 0.1) is 0 Å². The van der Waals surface area contributed by atoms with E-state index in [0.29, 0.717) is 18.3 Å². The molecule has 4 rings (SSSR count). The predicted octanol–water partition coefficient (Wildman–Crippen LogP) is 4.41. The van der Waals surface area contributed by atoms with Gasteiger partial charge in [0.25, 0.3) is 0 Å². The molecule has 2 heterocycles. The summed E-state index contributed by atoms with van der Waals surface area (Å²) in [6, 6.07) is 21.7. The van der Waals surface area contributed by atoms with Gasteiger partial charge >= 0.3 is 0 Å². The Morgan fingerprint density at radius 3 is 2.45 bits per heavy atom. The fourth-order valence-corrected chi connectivity index (χ4v) is 3.84. The summed E-state index contributed by atoms with van der Waals surface area (Å²) in [7, 11) is 0. The number of nitrogens with zero attached hydrogens (tertiary/aromatic N) is 3. The van der Waals surface area contributed by atoms with Gasteiger partial charge in [-0.05, 0) is 36.5 Å². The van der Waals surface area contributed by atoms with E-state index in [1.54, 1.807) is 0 Å². The zero-order chi connectivity index (χ0) is 21.5. The molecule has 0 radical (unpaired) electrons. The fourth-order valence-electron chi connectivity index (χ4n) is 3.84. The van der Waals surface area contributed by atoms with Crippen molar-refractivity contribution in [3.05, 3.63) is 78.6 Å². The lowest BCUT2D eigenvalue weighted by Gasteiger charge is -2.32. The van der Waals surface area contributed by atoms with Gasteiger partial charge in [0.15, 0.2) is 0 Å². The van der Waals surface area contributed by atoms with Crippen LogP contribution >= 0.6 is 0 Å². The van der Waals surface area contributed by atoms with Crippen molar-refractivity contribution < 1.29 is 9.53 Å². The van der Waals surface area contributed by atoms with E-state index in [4.69, 9.17) is 4.74 Å². The van der Waals surface area contributed by atoms with Crippen LogP contribution in [0.4, 0.5) is 5.82 Å². The molecule has 0 bridgehead atoms. The van der Waals surface area contributed by atoms with E-state index < -0.39 is 0 Å². The van der Waals surface area contributed by atoms with Gasteiger partial charge in [0, 0.05) is 31.6 Å². The molecule has 0 spiro atoms. The first kappa shape index (κ1) is 20.8. The van der Waals surface area contributed by atoms with Crippen LogP contribution in [0, 0.1) is 5.92 Å². The molecule has 1 atom stereocenters. The number of aromatic nitrogens is 2. The van der Waals surface area contributed by atoms with Gasteiger partial charge in [0.2, 0.25) is 11.8 Å². The Morgan fingerprint density at radius 2 is 1.74 bits per heavy atom. The maximum Gasteiger partial charge on any atom is 0.224 e. The first-order valence-corrected chi connectivity index (χ1v) is 10.8. The largest absolute Gasteiger partial charge is 0.439 e. The maximum absolute atomic E-state index is 12.7. The van der Waals surface area contributed by atoms with Gasteiger partial charge in [-0.2, -0.15) is 0 Å². The minimum atomic E-state index is 0.0427. The van der Waals surface area contributed by atoms with Crippen LogP contribution in [0.25, 0.3) is 0 Å². The first-order chi connectivity index (χ1) is 15.2. The van der Waals surface area contributed by atoms with Crippen molar-refractivity contribution in [1.29, 1.82) is 0 Å². The van der Waals surface area contributed by atoms with Crippen LogP contribution in [0.5, 0.6) is 11.6 Å². The number of carbonyl (C=O) groups excluding carboxylic acids is 1. The topological polar surface area (TPSA) is 67.4 Å². The van der Waals surface area contributed by atoms with E-state index in [1.165, 1.54) is 11.9 Å². The monoisotopic (exact) mass is 416 g/mol. The Morgan fingerprint density at radius 1 is 1.06 bits per heavy atom. The highest BCUT2D eigenvalue weighted by Gasteiger charge is 2.26. The lowest BCUT2D eigenvalue weighted by atomic mass is 9.95. The summed E-state index contributed by atoms with van der Waals surface area (Å²) >= 11 is 0. The molecule has 1 saturated heterocycles. The first-order valence-electron chi connectivity index (χ1n) is 10.8. The molecule has 160 valence electrons. The Kier molecular flexibility index (Phi) is 6.77. The molecule has 0 saturated carbocycles. The zero-order valence-corrected chi connectivity index (χ0v) is 17.8. The second kappa shape index (κ2) is 10.1. The number of nitrogens with one attached hydrogen (secondary N) is 1. The Hall–Kier alpha value is -3.41. The second-order valence-corrected chi connectivity index (χ2v) is 7.95. The van der Waals surface area contributed by atoms with Crippen LogP contribution in [0.1, 0.15) is 31.2 Å². The number of piperidine rings is 1. The molecule has 1 fully saturated rings. The molecule has 6 heteroatoms. The van der Waals surface area contributed by atoms with Crippen molar-refractivity contribution in [2.75, 3.05) is 24.5 Å². The number of rotatable bonds is 7. The van der Waals surface area contributed by atoms with Gasteiger partial charge < -0.3 is 15.0 Å². The molecule has 1 amide bonds. The Labute approximate surface area is 183 Å². The minimum Gasteiger partial charge on any atom is -0.439 e. The normalized spacial score (nSPS) is 15.3. The summed E-state index contributed by atoms with van der Waals surface area (Å²) in [5, 5.41) is 3.14. The van der Waals surface area contributed by atoms with E-state index in [1.807, 2.05) is 54.6 Å². The quantitative estimate of drug-likeness (QED) is 0.618. The molecule has 1 N–H and O–H groups in total. The molecule has 1 aromatic heterocycles. The number of para-hydroxylation sites is 1. The predicted molar refractivity (Wildman–Crippen MR) is 121 cm³/mol. The molecule has 1 aliphatic heterocycles. The van der Waals surface area contributed by atoms with Crippen molar-refractivity contribution >= 4 is 11.7 Å². The lowest BCUT2D eigenvalue weighted by Crippen LogP contribution is -2.41. The van der Waals surface area contributed by atoms with Crippen molar-refractivity contribution in [2.45, 2.75) is 25.7 Å². The summed E-state index contributed by atoms with van der Waals surface area (Å²) in [5.74, 6) is 2.59. The van der Waals surface area contributed by atoms with Crippen molar-refractivity contribution in [3.8, 4) is 11.6 Å².